The van der Waals surface area contributed by atoms with Gasteiger partial charge in [0.05, 0.1) is 38.6 Å². The number of unbranched alkanes of at least 4 members (excludes halogenated alkanes) is 40. The van der Waals surface area contributed by atoms with E-state index in [-0.39, 0.29) is 18.9 Å². The molecule has 19 nitrogen and oxygen atoms in total. The summed E-state index contributed by atoms with van der Waals surface area (Å²) in [6.45, 7) is 1.66. The van der Waals surface area contributed by atoms with E-state index < -0.39 is 124 Å². The average molecular weight is 1580 g/mol. The minimum Gasteiger partial charge on any atom is -0.394 e. The van der Waals surface area contributed by atoms with Crippen molar-refractivity contribution in [2.75, 3.05) is 26.4 Å². The van der Waals surface area contributed by atoms with E-state index in [1.165, 1.54) is 212 Å². The summed E-state index contributed by atoms with van der Waals surface area (Å²) in [7, 11) is 0. The zero-order chi connectivity index (χ0) is 81.0. The van der Waals surface area contributed by atoms with Gasteiger partial charge in [-0.1, -0.05) is 361 Å². The van der Waals surface area contributed by atoms with Gasteiger partial charge >= 0.3 is 0 Å². The highest BCUT2D eigenvalue weighted by Crippen LogP contribution is 2.33. The van der Waals surface area contributed by atoms with Crippen molar-refractivity contribution in [2.24, 2.45) is 0 Å². The molecule has 3 rings (SSSR count). The molecule has 12 N–H and O–H groups in total. The first-order chi connectivity index (χ1) is 54.8. The number of aliphatic hydroxyl groups excluding tert-OH is 11. The van der Waals surface area contributed by atoms with Crippen LogP contribution in [0.1, 0.15) is 341 Å². The van der Waals surface area contributed by atoms with Crippen molar-refractivity contribution in [3.63, 3.8) is 0 Å². The molecule has 0 spiro atoms. The molecule has 0 saturated carbocycles. The molecule has 112 heavy (non-hydrogen) atoms. The van der Waals surface area contributed by atoms with E-state index in [9.17, 15) is 61.0 Å². The summed E-state index contributed by atoms with van der Waals surface area (Å²) in [5.74, 6) is -0.275. The predicted octanol–water partition coefficient (Wildman–Crippen LogP) is 17.2. The molecule has 1 amide bonds. The van der Waals surface area contributed by atoms with E-state index in [0.717, 1.165) is 103 Å². The number of carbonyl (C=O) groups is 1. The van der Waals surface area contributed by atoms with Crippen LogP contribution >= 0.6 is 0 Å². The van der Waals surface area contributed by atoms with Gasteiger partial charge in [-0.2, -0.15) is 0 Å². The molecule has 0 aromatic rings. The summed E-state index contributed by atoms with van der Waals surface area (Å²) >= 11 is 0. The molecule has 17 atom stereocenters. The van der Waals surface area contributed by atoms with E-state index in [0.29, 0.717) is 6.42 Å². The maximum absolute atomic E-state index is 13.5. The molecule has 0 bridgehead atoms. The van der Waals surface area contributed by atoms with Crippen LogP contribution in [-0.4, -0.2) is 193 Å². The minimum atomic E-state index is -1.98. The van der Waals surface area contributed by atoms with Gasteiger partial charge in [0.1, 0.15) is 73.2 Å². The molecule has 3 fully saturated rings. The number of allylic oxidation sites excluding steroid dienone is 17. The van der Waals surface area contributed by atoms with Crippen molar-refractivity contribution in [2.45, 2.75) is 446 Å². The number of hydrogen-bond acceptors (Lipinski definition) is 18. The Morgan fingerprint density at radius 3 is 0.964 bits per heavy atom. The van der Waals surface area contributed by atoms with Crippen molar-refractivity contribution < 1.29 is 89.4 Å². The maximum Gasteiger partial charge on any atom is 0.220 e. The van der Waals surface area contributed by atoms with Gasteiger partial charge in [0.2, 0.25) is 5.91 Å². The molecule has 17 unspecified atom stereocenters. The number of carbonyl (C=O) groups excluding carboxylic acids is 1. The van der Waals surface area contributed by atoms with Gasteiger partial charge in [0.25, 0.3) is 0 Å². The topological polar surface area (TPSA) is 307 Å². The highest BCUT2D eigenvalue weighted by molar-refractivity contribution is 5.76. The molecule has 3 heterocycles. The normalized spacial score (nSPS) is 25.5. The fourth-order valence-corrected chi connectivity index (χ4v) is 14.7. The third-order valence-corrected chi connectivity index (χ3v) is 21.8. The number of hydrogen-bond donors (Lipinski definition) is 12. The van der Waals surface area contributed by atoms with E-state index in [2.05, 4.69) is 116 Å². The van der Waals surface area contributed by atoms with Crippen molar-refractivity contribution in [1.82, 2.24) is 5.32 Å². The quantitative estimate of drug-likeness (QED) is 0.0199. The number of amides is 1. The molecular formula is C93H163NO18. The molecule has 0 aromatic carbocycles. The molecule has 3 saturated heterocycles. The Morgan fingerprint density at radius 1 is 0.330 bits per heavy atom. The van der Waals surface area contributed by atoms with Gasteiger partial charge in [0, 0.05) is 6.42 Å². The minimum absolute atomic E-state index is 0.238. The number of aliphatic hydroxyl groups is 11. The van der Waals surface area contributed by atoms with Crippen LogP contribution in [0.15, 0.2) is 109 Å². The van der Waals surface area contributed by atoms with Crippen LogP contribution < -0.4 is 5.32 Å². The van der Waals surface area contributed by atoms with Crippen LogP contribution in [0.25, 0.3) is 0 Å². The lowest BCUT2D eigenvalue weighted by Crippen LogP contribution is -2.66. The smallest absolute Gasteiger partial charge is 0.220 e. The van der Waals surface area contributed by atoms with E-state index >= 15 is 0 Å². The molecular weight excluding hydrogens is 1420 g/mol. The Kier molecular flexibility index (Phi) is 65.6. The lowest BCUT2D eigenvalue weighted by molar-refractivity contribution is -0.379. The first-order valence-corrected chi connectivity index (χ1v) is 45.1. The van der Waals surface area contributed by atoms with Crippen LogP contribution in [0.2, 0.25) is 0 Å². The summed E-state index contributed by atoms with van der Waals surface area (Å²) in [5, 5.41) is 121. The van der Waals surface area contributed by atoms with Crippen molar-refractivity contribution in [3.05, 3.63) is 109 Å². The van der Waals surface area contributed by atoms with E-state index in [1.807, 2.05) is 6.08 Å². The first-order valence-electron chi connectivity index (χ1n) is 45.1. The zero-order valence-electron chi connectivity index (χ0n) is 69.9. The van der Waals surface area contributed by atoms with Crippen LogP contribution in [0.4, 0.5) is 0 Å². The predicted molar refractivity (Wildman–Crippen MR) is 452 cm³/mol. The van der Waals surface area contributed by atoms with Gasteiger partial charge in [-0.3, -0.25) is 4.79 Å². The first kappa shape index (κ1) is 103. The van der Waals surface area contributed by atoms with Gasteiger partial charge in [0.15, 0.2) is 18.9 Å². The molecule has 0 radical (unpaired) electrons. The number of rotatable bonds is 72. The zero-order valence-corrected chi connectivity index (χ0v) is 69.9. The largest absolute Gasteiger partial charge is 0.394 e. The summed E-state index contributed by atoms with van der Waals surface area (Å²) in [5.41, 5.74) is 0. The monoisotopic (exact) mass is 1580 g/mol. The standard InChI is InChI=1S/C93H163NO18/c1-3-5-7-9-11-13-15-17-19-21-23-25-27-29-31-33-34-35-36-37-38-39-40-41-42-43-45-47-49-51-53-55-57-59-61-63-65-67-69-71-81(99)94-76(77(98)70-68-66-64-62-60-58-56-54-52-50-48-46-44-32-30-28-26-24-22-20-18-16-14-12-10-8-6-4-2)75-107-91-87(105)84(102)89(79(73-96)109-91)112-93-88(106)85(103)90(80(74-97)110-93)111-92-86(104)83(101)82(100)78(72-95)108-92/h5,7,11,13,17,19,23,25,29,31,34-35,37-38,40-41,68,70,76-80,82-93,95-98,100-106H,3-4,6,8-10,12,14-16,18,20-22,24,26-28,30,32-33,36,39,42-67,69,71-75H2,1-2H3,(H,94,99)/b7-5-,13-11-,19-17-,25-23-,31-29-,35-34-,38-37-,41-40-,70-68+. The second kappa shape index (κ2) is 71.5. The SMILES string of the molecule is CC/C=C\C/C=C\C/C=C\C/C=C\C/C=C\C/C=C\C/C=C\C/C=C\CCCCCCCCCCCCCCCCC(=O)NC(COC1OC(CO)C(OC2OC(CO)C(OC3OC(CO)C(O)C(O)C3O)C(O)C2O)C(O)C1O)C(O)/C=C/CCCCCCCCCCCCCCCCCCCCCCCCCCCC. The summed E-state index contributed by atoms with van der Waals surface area (Å²) < 4.78 is 34.5. The third-order valence-electron chi connectivity index (χ3n) is 21.8. The van der Waals surface area contributed by atoms with Crippen LogP contribution in [-0.2, 0) is 33.2 Å². The highest BCUT2D eigenvalue weighted by atomic mass is 16.8. The van der Waals surface area contributed by atoms with Gasteiger partial charge in [-0.05, 0) is 83.5 Å². The fraction of sp³-hybridized carbons (Fsp3) is 0.796. The molecule has 3 aliphatic heterocycles. The summed E-state index contributed by atoms with van der Waals surface area (Å²) in [4.78, 5) is 13.5. The number of ether oxygens (including phenoxy) is 6. The Morgan fingerprint density at radius 2 is 0.616 bits per heavy atom. The van der Waals surface area contributed by atoms with Crippen molar-refractivity contribution >= 4 is 5.91 Å². The Bertz CT molecular complexity index is 2450. The van der Waals surface area contributed by atoms with Crippen molar-refractivity contribution in [3.8, 4) is 0 Å². The van der Waals surface area contributed by atoms with Gasteiger partial charge in [-0.15, -0.1) is 0 Å². The second-order valence-electron chi connectivity index (χ2n) is 31.7. The van der Waals surface area contributed by atoms with Gasteiger partial charge in [-0.25, -0.2) is 0 Å². The summed E-state index contributed by atoms with van der Waals surface area (Å²) in [6, 6.07) is -0.981. The third kappa shape index (κ3) is 49.6. The fourth-order valence-electron chi connectivity index (χ4n) is 14.7. The molecule has 648 valence electrons. The summed E-state index contributed by atoms with van der Waals surface area (Å²) in [6.07, 6.45) is 73.7. The molecule has 3 aliphatic rings. The second-order valence-corrected chi connectivity index (χ2v) is 31.7. The maximum atomic E-state index is 13.5. The van der Waals surface area contributed by atoms with Crippen LogP contribution in [0.3, 0.4) is 0 Å². The van der Waals surface area contributed by atoms with Crippen LogP contribution in [0, 0.1) is 0 Å². The number of nitrogens with one attached hydrogen (secondary N) is 1. The molecule has 0 aromatic heterocycles. The van der Waals surface area contributed by atoms with E-state index in [1.54, 1.807) is 6.08 Å². The van der Waals surface area contributed by atoms with E-state index in [4.69, 9.17) is 28.4 Å². The van der Waals surface area contributed by atoms with Crippen molar-refractivity contribution in [1.29, 1.82) is 0 Å². The lowest BCUT2D eigenvalue weighted by atomic mass is 9.96. The lowest BCUT2D eigenvalue weighted by Gasteiger charge is -2.48. The Labute approximate surface area is 678 Å². The highest BCUT2D eigenvalue weighted by Gasteiger charge is 2.54. The van der Waals surface area contributed by atoms with Gasteiger partial charge < -0.3 is 89.9 Å². The Balaban J connectivity index is 1.33. The molecule has 19 heteroatoms. The average Bonchev–Trinajstić information content (AvgIpc) is 0.780. The Hall–Kier alpha value is -3.55. The molecule has 0 aliphatic carbocycles. The van der Waals surface area contributed by atoms with Crippen LogP contribution in [0.5, 0.6) is 0 Å².